The minimum absolute atomic E-state index is 0.201. The zero-order chi connectivity index (χ0) is 12.6. The van der Waals surface area contributed by atoms with Gasteiger partial charge in [0.25, 0.3) is 0 Å². The highest BCUT2D eigenvalue weighted by Gasteiger charge is 2.76. The van der Waals surface area contributed by atoms with Crippen molar-refractivity contribution in [2.45, 2.75) is 29.6 Å². The number of rotatable bonds is 1. The van der Waals surface area contributed by atoms with E-state index in [-0.39, 0.29) is 23.0 Å². The topological polar surface area (TPSA) is 9.23 Å². The van der Waals surface area contributed by atoms with Crippen molar-refractivity contribution < 1.29 is 31.1 Å². The summed E-state index contributed by atoms with van der Waals surface area (Å²) >= 11 is 0. The Morgan fingerprint density at radius 2 is 1.62 bits per heavy atom. The Morgan fingerprint density at radius 1 is 1.12 bits per heavy atom. The zero-order valence-corrected chi connectivity index (χ0v) is 9.62. The highest BCUT2D eigenvalue weighted by Crippen LogP contribution is 2.61. The van der Waals surface area contributed by atoms with Gasteiger partial charge in [-0.2, -0.15) is 26.3 Å². The van der Waals surface area contributed by atoms with Gasteiger partial charge in [-0.1, -0.05) is 21.6 Å². The predicted molar refractivity (Wildman–Crippen MR) is 50.3 cm³/mol. The van der Waals surface area contributed by atoms with E-state index in [4.69, 9.17) is 0 Å². The van der Waals surface area contributed by atoms with E-state index in [0.717, 1.165) is 7.11 Å². The molecule has 1 atom stereocenters. The third kappa shape index (κ3) is 2.13. The van der Waals surface area contributed by atoms with E-state index in [1.807, 2.05) is 0 Å². The fourth-order valence-electron chi connectivity index (χ4n) is 1.45. The highest BCUT2D eigenvalue weighted by molar-refractivity contribution is 8.77. The summed E-state index contributed by atoms with van der Waals surface area (Å²) in [5.74, 6) is 0.205. The van der Waals surface area contributed by atoms with Gasteiger partial charge >= 0.3 is 12.4 Å². The highest BCUT2D eigenvalue weighted by atomic mass is 33.1. The minimum Gasteiger partial charge on any atom is -0.379 e. The van der Waals surface area contributed by atoms with Crippen LogP contribution in [0.1, 0.15) is 6.42 Å². The maximum absolute atomic E-state index is 12.7. The first kappa shape index (κ1) is 14.3. The summed E-state index contributed by atoms with van der Waals surface area (Å²) in [6.07, 6.45) is -12.9. The van der Waals surface area contributed by atoms with E-state index in [1.165, 1.54) is 0 Å². The van der Waals surface area contributed by atoms with E-state index in [2.05, 4.69) is 4.74 Å². The number of hydrogen-bond acceptors (Lipinski definition) is 3. The minimum atomic E-state index is -5.38. The third-order valence-electron chi connectivity index (χ3n) is 2.23. The molecule has 1 rings (SSSR count). The number of hydrogen-bond donors (Lipinski definition) is 0. The third-order valence-corrected chi connectivity index (χ3v) is 5.39. The van der Waals surface area contributed by atoms with Crippen LogP contribution in [-0.2, 0) is 4.74 Å². The number of ether oxygens (including phenoxy) is 1. The molecule has 0 aliphatic carbocycles. The molecule has 0 aromatic rings. The number of methoxy groups -OCH3 is 1. The Labute approximate surface area is 95.7 Å². The second-order valence-electron chi connectivity index (χ2n) is 3.15. The molecule has 1 heterocycles. The smallest absolute Gasteiger partial charge is 0.379 e. The van der Waals surface area contributed by atoms with Gasteiger partial charge in [-0.15, -0.1) is 0 Å². The molecule has 0 aromatic heterocycles. The van der Waals surface area contributed by atoms with Crippen molar-refractivity contribution in [3.63, 3.8) is 0 Å². The van der Waals surface area contributed by atoms with Crippen molar-refractivity contribution in [1.29, 1.82) is 0 Å². The monoisotopic (exact) mass is 286 g/mol. The molecule has 0 spiro atoms. The van der Waals surface area contributed by atoms with Gasteiger partial charge in [0.15, 0.2) is 0 Å². The first-order chi connectivity index (χ1) is 7.17. The van der Waals surface area contributed by atoms with E-state index in [1.54, 1.807) is 0 Å². The summed E-state index contributed by atoms with van der Waals surface area (Å²) < 4.78 is 76.7. The molecular formula is C7H8F6OS2. The fourth-order valence-corrected chi connectivity index (χ4v) is 4.53. The molecule has 0 aromatic carbocycles. The lowest BCUT2D eigenvalue weighted by Crippen LogP contribution is -2.63. The van der Waals surface area contributed by atoms with Gasteiger partial charge in [-0.25, -0.2) is 0 Å². The Balaban J connectivity index is 3.21. The average molecular weight is 286 g/mol. The lowest BCUT2D eigenvalue weighted by atomic mass is 9.97. The molecular weight excluding hydrogens is 278 g/mol. The SMILES string of the molecule is COC1CCSSC1(C(F)(F)F)C(F)(F)F. The first-order valence-corrected chi connectivity index (χ1v) is 6.45. The van der Waals surface area contributed by atoms with E-state index < -0.39 is 23.2 Å². The van der Waals surface area contributed by atoms with Gasteiger partial charge in [-0.3, -0.25) is 0 Å². The molecule has 1 nitrogen and oxygen atoms in total. The van der Waals surface area contributed by atoms with Gasteiger partial charge in [0.1, 0.15) is 0 Å². The summed E-state index contributed by atoms with van der Waals surface area (Å²) in [4.78, 5) is 0. The molecule has 1 aliphatic heterocycles. The quantitative estimate of drug-likeness (QED) is 0.538. The van der Waals surface area contributed by atoms with Gasteiger partial charge in [0.2, 0.25) is 4.75 Å². The summed E-state index contributed by atoms with van der Waals surface area (Å²) in [5.41, 5.74) is 0. The molecule has 0 bridgehead atoms. The Bertz CT molecular complexity index is 236. The Hall–Kier alpha value is 0.240. The van der Waals surface area contributed by atoms with Crippen LogP contribution in [-0.4, -0.2) is 36.1 Å². The second-order valence-corrected chi connectivity index (χ2v) is 5.81. The van der Waals surface area contributed by atoms with Crippen LogP contribution in [0.2, 0.25) is 0 Å². The van der Waals surface area contributed by atoms with Crippen molar-refractivity contribution in [3.05, 3.63) is 0 Å². The molecule has 0 N–H and O–H groups in total. The maximum atomic E-state index is 12.7. The lowest BCUT2D eigenvalue weighted by Gasteiger charge is -2.43. The first-order valence-electron chi connectivity index (χ1n) is 4.13. The number of halogens is 6. The van der Waals surface area contributed by atoms with Gasteiger partial charge < -0.3 is 4.74 Å². The second kappa shape index (κ2) is 4.49. The van der Waals surface area contributed by atoms with E-state index in [0.29, 0.717) is 10.8 Å². The molecule has 96 valence electrons. The standard InChI is InChI=1S/C7H8F6OS2/c1-14-4-2-3-15-16-5(4,6(8,9)10)7(11,12)13/h4H,2-3H2,1H3. The van der Waals surface area contributed by atoms with Gasteiger partial charge in [0, 0.05) is 12.9 Å². The van der Waals surface area contributed by atoms with Crippen molar-refractivity contribution >= 4 is 21.6 Å². The van der Waals surface area contributed by atoms with Crippen LogP contribution >= 0.6 is 21.6 Å². The maximum Gasteiger partial charge on any atom is 0.415 e. The van der Waals surface area contributed by atoms with E-state index in [9.17, 15) is 26.3 Å². The molecule has 1 unspecified atom stereocenters. The lowest BCUT2D eigenvalue weighted by molar-refractivity contribution is -0.287. The molecule has 1 aliphatic rings. The van der Waals surface area contributed by atoms with Crippen LogP contribution in [0.5, 0.6) is 0 Å². The molecule has 0 radical (unpaired) electrons. The largest absolute Gasteiger partial charge is 0.415 e. The zero-order valence-electron chi connectivity index (χ0n) is 7.98. The molecule has 1 saturated heterocycles. The van der Waals surface area contributed by atoms with Crippen LogP contribution in [0, 0.1) is 0 Å². The number of alkyl halides is 6. The van der Waals surface area contributed by atoms with Crippen molar-refractivity contribution in [3.8, 4) is 0 Å². The van der Waals surface area contributed by atoms with Gasteiger partial charge in [-0.05, 0) is 6.42 Å². The van der Waals surface area contributed by atoms with E-state index >= 15 is 0 Å². The summed E-state index contributed by atoms with van der Waals surface area (Å²) in [6, 6.07) is 0. The molecule has 16 heavy (non-hydrogen) atoms. The summed E-state index contributed by atoms with van der Waals surface area (Å²) in [6.45, 7) is 0. The average Bonchev–Trinajstić information content (AvgIpc) is 2.14. The Morgan fingerprint density at radius 3 is 1.94 bits per heavy atom. The van der Waals surface area contributed by atoms with Gasteiger partial charge in [0.05, 0.1) is 6.10 Å². The van der Waals surface area contributed by atoms with Crippen molar-refractivity contribution in [2.24, 2.45) is 0 Å². The molecule has 9 heteroatoms. The normalized spacial score (nSPS) is 26.8. The molecule has 0 saturated carbocycles. The summed E-state index contributed by atoms with van der Waals surface area (Å²) in [5, 5.41) is 0. The van der Waals surface area contributed by atoms with Crippen LogP contribution in [0.25, 0.3) is 0 Å². The Kier molecular flexibility index (Phi) is 4.01. The molecule has 1 fully saturated rings. The molecule has 0 amide bonds. The van der Waals surface area contributed by atoms with Crippen LogP contribution in [0.15, 0.2) is 0 Å². The van der Waals surface area contributed by atoms with Crippen LogP contribution in [0.3, 0.4) is 0 Å². The van der Waals surface area contributed by atoms with Crippen LogP contribution in [0.4, 0.5) is 26.3 Å². The summed E-state index contributed by atoms with van der Waals surface area (Å²) in [7, 11) is 1.24. The van der Waals surface area contributed by atoms with Crippen molar-refractivity contribution in [2.75, 3.05) is 12.9 Å². The van der Waals surface area contributed by atoms with Crippen LogP contribution < -0.4 is 0 Å². The fraction of sp³-hybridized carbons (Fsp3) is 1.00. The predicted octanol–water partition coefficient (Wildman–Crippen LogP) is 3.65. The van der Waals surface area contributed by atoms with Crippen molar-refractivity contribution in [1.82, 2.24) is 0 Å².